The highest BCUT2D eigenvalue weighted by Crippen LogP contribution is 2.24. The molecule has 0 aliphatic heterocycles. The third-order valence-corrected chi connectivity index (χ3v) is 5.08. The topological polar surface area (TPSA) is 46.2 Å². The number of hydrogen-bond acceptors (Lipinski definition) is 4. The molecule has 3 nitrogen and oxygen atoms in total. The Bertz CT molecular complexity index is 418. The lowest BCUT2D eigenvalue weighted by Gasteiger charge is -2.02. The summed E-state index contributed by atoms with van der Waals surface area (Å²) in [5.74, 6) is 0. The Morgan fingerprint density at radius 3 is 2.86 bits per heavy atom. The van der Waals surface area contributed by atoms with E-state index in [1.54, 1.807) is 0 Å². The van der Waals surface area contributed by atoms with E-state index in [1.807, 2.05) is 11.4 Å². The number of nitrogens with one attached hydrogen (secondary N) is 1. The smallest absolute Gasteiger partial charge is 0.185 e. The average Bonchev–Trinajstić information content (AvgIpc) is 2.77. The van der Waals surface area contributed by atoms with Crippen LogP contribution < -0.4 is 5.32 Å². The Hall–Kier alpha value is -0.390. The minimum absolute atomic E-state index is 0.505. The monoisotopic (exact) mass is 231 g/mol. The predicted octanol–water partition coefficient (Wildman–Crippen LogP) is 1.40. The van der Waals surface area contributed by atoms with E-state index in [1.165, 1.54) is 30.4 Å². The van der Waals surface area contributed by atoms with Crippen molar-refractivity contribution in [3.05, 3.63) is 17.0 Å². The van der Waals surface area contributed by atoms with Crippen LogP contribution in [0.2, 0.25) is 0 Å². The lowest BCUT2D eigenvalue weighted by atomic mass is 10.3. The zero-order valence-corrected chi connectivity index (χ0v) is 9.62. The molecule has 1 aromatic heterocycles. The Labute approximate surface area is 88.1 Å². The van der Waals surface area contributed by atoms with Crippen molar-refractivity contribution in [2.24, 2.45) is 0 Å². The summed E-state index contributed by atoms with van der Waals surface area (Å²) in [6.45, 7) is 0.677. The first-order valence-corrected chi connectivity index (χ1v) is 7.34. The van der Waals surface area contributed by atoms with Crippen LogP contribution in [0.4, 0.5) is 0 Å². The molecule has 0 saturated heterocycles. The van der Waals surface area contributed by atoms with Gasteiger partial charge in [-0.2, -0.15) is 0 Å². The largest absolute Gasteiger partial charge is 0.310 e. The van der Waals surface area contributed by atoms with Crippen LogP contribution in [0.3, 0.4) is 0 Å². The van der Waals surface area contributed by atoms with Gasteiger partial charge >= 0.3 is 0 Å². The maximum atomic E-state index is 11.4. The molecule has 0 atom stereocenters. The van der Waals surface area contributed by atoms with Gasteiger partial charge in [0.05, 0.1) is 0 Å². The first-order valence-electron chi connectivity index (χ1n) is 4.57. The molecule has 0 unspecified atom stereocenters. The molecule has 0 bridgehead atoms. The molecular weight excluding hydrogens is 218 g/mol. The predicted molar refractivity (Wildman–Crippen MR) is 57.3 cm³/mol. The molecule has 1 aliphatic rings. The van der Waals surface area contributed by atoms with E-state index in [-0.39, 0.29) is 0 Å². The van der Waals surface area contributed by atoms with Crippen LogP contribution in [-0.4, -0.2) is 20.7 Å². The van der Waals surface area contributed by atoms with Gasteiger partial charge < -0.3 is 5.32 Å². The normalized spacial score (nSPS) is 17.2. The fourth-order valence-electron chi connectivity index (χ4n) is 1.32. The van der Waals surface area contributed by atoms with Crippen LogP contribution >= 0.6 is 11.3 Å². The molecule has 1 saturated carbocycles. The summed E-state index contributed by atoms with van der Waals surface area (Å²) in [5.41, 5.74) is 0.907. The molecule has 5 heteroatoms. The molecule has 1 aliphatic carbocycles. The van der Waals surface area contributed by atoms with E-state index in [0.29, 0.717) is 16.8 Å². The van der Waals surface area contributed by atoms with Crippen molar-refractivity contribution < 1.29 is 8.42 Å². The summed E-state index contributed by atoms with van der Waals surface area (Å²) in [6, 6.07) is 2.50. The van der Waals surface area contributed by atoms with Gasteiger partial charge in [-0.1, -0.05) is 0 Å². The zero-order chi connectivity index (χ0) is 10.2. The van der Waals surface area contributed by atoms with Gasteiger partial charge in [-0.15, -0.1) is 11.3 Å². The van der Waals surface area contributed by atoms with Crippen molar-refractivity contribution in [2.75, 3.05) is 6.26 Å². The number of thiophene rings is 1. The van der Waals surface area contributed by atoms with Crippen molar-refractivity contribution in [3.8, 4) is 0 Å². The highest BCUT2D eigenvalue weighted by atomic mass is 32.2. The van der Waals surface area contributed by atoms with E-state index in [0.717, 1.165) is 5.56 Å². The average molecular weight is 231 g/mol. The van der Waals surface area contributed by atoms with Crippen LogP contribution in [0, 0.1) is 0 Å². The summed E-state index contributed by atoms with van der Waals surface area (Å²) >= 11 is 1.30. The molecule has 1 fully saturated rings. The van der Waals surface area contributed by atoms with Crippen LogP contribution in [0.25, 0.3) is 0 Å². The minimum atomic E-state index is -3.04. The number of hydrogen-bond donors (Lipinski definition) is 1. The summed E-state index contributed by atoms with van der Waals surface area (Å²) in [7, 11) is -3.04. The second-order valence-electron chi connectivity index (χ2n) is 3.66. The van der Waals surface area contributed by atoms with E-state index < -0.39 is 9.84 Å². The van der Waals surface area contributed by atoms with Gasteiger partial charge in [0.1, 0.15) is 4.21 Å². The summed E-state index contributed by atoms with van der Waals surface area (Å²) in [4.78, 5) is 0. The van der Waals surface area contributed by atoms with Gasteiger partial charge in [0, 0.05) is 18.8 Å². The zero-order valence-electron chi connectivity index (χ0n) is 7.99. The van der Waals surface area contributed by atoms with Crippen molar-refractivity contribution in [1.82, 2.24) is 5.32 Å². The van der Waals surface area contributed by atoms with Crippen molar-refractivity contribution in [1.29, 1.82) is 0 Å². The molecule has 78 valence electrons. The first-order chi connectivity index (χ1) is 6.57. The van der Waals surface area contributed by atoms with Crippen LogP contribution in [0.1, 0.15) is 18.4 Å². The SMILES string of the molecule is CS(=O)(=O)c1sccc1CNC1CC1. The van der Waals surface area contributed by atoms with Crippen molar-refractivity contribution >= 4 is 21.2 Å². The maximum Gasteiger partial charge on any atom is 0.185 e. The van der Waals surface area contributed by atoms with Crippen molar-refractivity contribution in [2.45, 2.75) is 29.6 Å². The Morgan fingerprint density at radius 2 is 2.29 bits per heavy atom. The summed E-state index contributed by atoms with van der Waals surface area (Å²) in [5, 5.41) is 5.15. The highest BCUT2D eigenvalue weighted by Gasteiger charge is 2.22. The molecule has 2 rings (SSSR count). The standard InChI is InChI=1S/C9H13NO2S2/c1-14(11,12)9-7(4-5-13-9)6-10-8-2-3-8/h4-5,8,10H,2-3,6H2,1H3. The van der Waals surface area contributed by atoms with E-state index in [9.17, 15) is 8.42 Å². The fraction of sp³-hybridized carbons (Fsp3) is 0.556. The number of rotatable bonds is 4. The van der Waals surface area contributed by atoms with Crippen molar-refractivity contribution in [3.63, 3.8) is 0 Å². The molecule has 0 spiro atoms. The van der Waals surface area contributed by atoms with Gasteiger partial charge in [-0.25, -0.2) is 8.42 Å². The molecule has 1 N–H and O–H groups in total. The quantitative estimate of drug-likeness (QED) is 0.852. The number of sulfone groups is 1. The maximum absolute atomic E-state index is 11.4. The van der Waals surface area contributed by atoms with Gasteiger partial charge in [-0.05, 0) is 29.9 Å². The van der Waals surface area contributed by atoms with Gasteiger partial charge in [0.15, 0.2) is 9.84 Å². The van der Waals surface area contributed by atoms with E-state index >= 15 is 0 Å². The molecule has 1 aromatic rings. The van der Waals surface area contributed by atoms with E-state index in [2.05, 4.69) is 5.32 Å². The molecule has 0 amide bonds. The second-order valence-corrected chi connectivity index (χ2v) is 6.79. The second kappa shape index (κ2) is 3.64. The fourth-order valence-corrected chi connectivity index (χ4v) is 3.45. The van der Waals surface area contributed by atoms with Gasteiger partial charge in [0.25, 0.3) is 0 Å². The molecule has 14 heavy (non-hydrogen) atoms. The Morgan fingerprint density at radius 1 is 1.57 bits per heavy atom. The van der Waals surface area contributed by atoms with E-state index in [4.69, 9.17) is 0 Å². The molecular formula is C9H13NO2S2. The van der Waals surface area contributed by atoms with Crippen LogP contribution in [-0.2, 0) is 16.4 Å². The van der Waals surface area contributed by atoms with Gasteiger partial charge in [0.2, 0.25) is 0 Å². The van der Waals surface area contributed by atoms with Gasteiger partial charge in [-0.3, -0.25) is 0 Å². The molecule has 0 radical (unpaired) electrons. The lowest BCUT2D eigenvalue weighted by Crippen LogP contribution is -2.16. The lowest BCUT2D eigenvalue weighted by molar-refractivity contribution is 0.601. The third-order valence-electron chi connectivity index (χ3n) is 2.20. The van der Waals surface area contributed by atoms with Crippen LogP contribution in [0.15, 0.2) is 15.7 Å². The molecule has 0 aromatic carbocycles. The molecule has 1 heterocycles. The Balaban J connectivity index is 2.12. The van der Waals surface area contributed by atoms with Crippen LogP contribution in [0.5, 0.6) is 0 Å². The summed E-state index contributed by atoms with van der Waals surface area (Å²) in [6.07, 6.45) is 3.70. The first kappa shape index (κ1) is 10.1. The Kier molecular flexibility index (Phi) is 2.64. The highest BCUT2D eigenvalue weighted by molar-refractivity contribution is 7.92. The summed E-state index contributed by atoms with van der Waals surface area (Å²) < 4.78 is 23.2. The third kappa shape index (κ3) is 2.34. The minimum Gasteiger partial charge on any atom is -0.310 e.